The van der Waals surface area contributed by atoms with E-state index in [-0.39, 0.29) is 16.4 Å². The summed E-state index contributed by atoms with van der Waals surface area (Å²) in [5.41, 5.74) is 0.0118. The lowest BCUT2D eigenvalue weighted by atomic mass is 10.2. The maximum atomic E-state index is 14.0. The van der Waals surface area contributed by atoms with E-state index in [2.05, 4.69) is 10.3 Å². The van der Waals surface area contributed by atoms with Crippen molar-refractivity contribution in [1.29, 1.82) is 0 Å². The zero-order valence-electron chi connectivity index (χ0n) is 11.8. The summed E-state index contributed by atoms with van der Waals surface area (Å²) >= 11 is 5.71. The van der Waals surface area contributed by atoms with Crippen LogP contribution in [-0.2, 0) is 4.79 Å². The highest BCUT2D eigenvalue weighted by Gasteiger charge is 2.35. The molecule has 1 amide bonds. The highest BCUT2D eigenvalue weighted by atomic mass is 35.5. The molecule has 23 heavy (non-hydrogen) atoms. The Morgan fingerprint density at radius 1 is 1.39 bits per heavy atom. The lowest BCUT2D eigenvalue weighted by Gasteiger charge is -2.19. The minimum Gasteiger partial charge on any atom is -0.480 e. The lowest BCUT2D eigenvalue weighted by Crippen LogP contribution is -2.40. The Balaban J connectivity index is 1.88. The third kappa shape index (κ3) is 2.77. The molecule has 0 saturated carbocycles. The number of benzene rings is 1. The van der Waals surface area contributed by atoms with Crippen molar-refractivity contribution in [2.45, 2.75) is 18.9 Å². The van der Waals surface area contributed by atoms with Gasteiger partial charge >= 0.3 is 5.97 Å². The standard InChI is InChI=1S/C14H12ClFN4O3/c15-8-3-1-4-10(12(8)16)20-7-9(17-18-20)13(21)19-6-2-5-11(19)14(22)23/h1,3-4,7,11H,2,5-6H2,(H,22,23). The maximum absolute atomic E-state index is 14.0. The Bertz CT molecular complexity index is 779. The van der Waals surface area contributed by atoms with E-state index in [1.54, 1.807) is 6.07 Å². The van der Waals surface area contributed by atoms with Crippen molar-refractivity contribution in [2.24, 2.45) is 0 Å². The van der Waals surface area contributed by atoms with Gasteiger partial charge in [-0.1, -0.05) is 22.9 Å². The molecule has 1 saturated heterocycles. The molecule has 9 heteroatoms. The van der Waals surface area contributed by atoms with Gasteiger partial charge in [-0.3, -0.25) is 4.79 Å². The van der Waals surface area contributed by atoms with Gasteiger partial charge in [-0.2, -0.15) is 0 Å². The molecule has 120 valence electrons. The Morgan fingerprint density at radius 2 is 2.17 bits per heavy atom. The molecule has 2 aromatic rings. The minimum absolute atomic E-state index is 0.0440. The van der Waals surface area contributed by atoms with E-state index in [0.29, 0.717) is 19.4 Å². The first-order chi connectivity index (χ1) is 11.0. The van der Waals surface area contributed by atoms with E-state index in [0.717, 1.165) is 4.68 Å². The van der Waals surface area contributed by atoms with E-state index in [1.165, 1.54) is 23.2 Å². The van der Waals surface area contributed by atoms with Gasteiger partial charge in [0.2, 0.25) is 0 Å². The van der Waals surface area contributed by atoms with Crippen molar-refractivity contribution in [3.05, 3.63) is 40.9 Å². The van der Waals surface area contributed by atoms with Gasteiger partial charge in [-0.05, 0) is 25.0 Å². The number of rotatable bonds is 3. The van der Waals surface area contributed by atoms with Gasteiger partial charge in [-0.15, -0.1) is 5.10 Å². The van der Waals surface area contributed by atoms with Crippen molar-refractivity contribution in [1.82, 2.24) is 19.9 Å². The molecule has 1 aromatic heterocycles. The van der Waals surface area contributed by atoms with Crippen molar-refractivity contribution >= 4 is 23.5 Å². The van der Waals surface area contributed by atoms with E-state index in [9.17, 15) is 14.0 Å². The molecule has 3 rings (SSSR count). The smallest absolute Gasteiger partial charge is 0.326 e. The fraction of sp³-hybridized carbons (Fsp3) is 0.286. The fourth-order valence-electron chi connectivity index (χ4n) is 2.56. The van der Waals surface area contributed by atoms with Gasteiger partial charge in [-0.25, -0.2) is 13.9 Å². The molecule has 1 aliphatic rings. The van der Waals surface area contributed by atoms with Crippen LogP contribution >= 0.6 is 11.6 Å². The van der Waals surface area contributed by atoms with Crippen LogP contribution in [0.25, 0.3) is 5.69 Å². The molecule has 1 aromatic carbocycles. The lowest BCUT2D eigenvalue weighted by molar-refractivity contribution is -0.141. The molecular formula is C14H12ClFN4O3. The summed E-state index contributed by atoms with van der Waals surface area (Å²) in [6.07, 6.45) is 2.27. The molecule has 1 N–H and O–H groups in total. The van der Waals surface area contributed by atoms with E-state index in [4.69, 9.17) is 16.7 Å². The summed E-state index contributed by atoms with van der Waals surface area (Å²) in [4.78, 5) is 24.8. The van der Waals surface area contributed by atoms with Crippen molar-refractivity contribution in [2.75, 3.05) is 6.54 Å². The number of nitrogens with zero attached hydrogens (tertiary/aromatic N) is 4. The number of hydrogen-bond donors (Lipinski definition) is 1. The van der Waals surface area contributed by atoms with Crippen LogP contribution in [-0.4, -0.2) is 49.5 Å². The quantitative estimate of drug-likeness (QED) is 0.921. The van der Waals surface area contributed by atoms with Crippen LogP contribution < -0.4 is 0 Å². The Labute approximate surface area is 135 Å². The van der Waals surface area contributed by atoms with Crippen LogP contribution in [0.3, 0.4) is 0 Å². The second-order valence-electron chi connectivity index (χ2n) is 5.12. The Kier molecular flexibility index (Phi) is 3.99. The topological polar surface area (TPSA) is 88.3 Å². The van der Waals surface area contributed by atoms with Crippen LogP contribution in [0.2, 0.25) is 5.02 Å². The van der Waals surface area contributed by atoms with Crippen LogP contribution in [0.1, 0.15) is 23.3 Å². The van der Waals surface area contributed by atoms with Gasteiger partial charge in [0, 0.05) is 6.54 Å². The molecule has 1 unspecified atom stereocenters. The zero-order valence-corrected chi connectivity index (χ0v) is 12.6. The van der Waals surface area contributed by atoms with Gasteiger partial charge < -0.3 is 10.0 Å². The minimum atomic E-state index is -1.05. The molecule has 0 bridgehead atoms. The molecule has 0 radical (unpaired) electrons. The predicted octanol–water partition coefficient (Wildman–Crippen LogP) is 1.75. The average Bonchev–Trinajstić information content (AvgIpc) is 3.18. The largest absolute Gasteiger partial charge is 0.480 e. The van der Waals surface area contributed by atoms with Gasteiger partial charge in [0.25, 0.3) is 5.91 Å². The molecule has 7 nitrogen and oxygen atoms in total. The van der Waals surface area contributed by atoms with Crippen molar-refractivity contribution in [3.8, 4) is 5.69 Å². The SMILES string of the molecule is O=C(O)C1CCCN1C(=O)c1cn(-c2cccc(Cl)c2F)nn1. The van der Waals surface area contributed by atoms with Crippen LogP contribution in [0, 0.1) is 5.82 Å². The number of aromatic nitrogens is 3. The number of carbonyl (C=O) groups excluding carboxylic acids is 1. The molecule has 1 fully saturated rings. The normalized spacial score (nSPS) is 17.5. The number of hydrogen-bond acceptors (Lipinski definition) is 4. The van der Waals surface area contributed by atoms with Crippen LogP contribution in [0.4, 0.5) is 4.39 Å². The number of amides is 1. The molecule has 2 heterocycles. The molecule has 0 spiro atoms. The first kappa shape index (κ1) is 15.4. The summed E-state index contributed by atoms with van der Waals surface area (Å²) in [5.74, 6) is -2.27. The first-order valence-electron chi connectivity index (χ1n) is 6.89. The molecule has 0 aliphatic carbocycles. The van der Waals surface area contributed by atoms with Crippen molar-refractivity contribution < 1.29 is 19.1 Å². The van der Waals surface area contributed by atoms with Gasteiger partial charge in [0.05, 0.1) is 11.2 Å². The highest BCUT2D eigenvalue weighted by Crippen LogP contribution is 2.22. The third-order valence-electron chi connectivity index (χ3n) is 3.69. The Morgan fingerprint density at radius 3 is 2.91 bits per heavy atom. The Hall–Kier alpha value is -2.48. The van der Waals surface area contributed by atoms with E-state index in [1.807, 2.05) is 0 Å². The maximum Gasteiger partial charge on any atom is 0.326 e. The van der Waals surface area contributed by atoms with Gasteiger partial charge in [0.15, 0.2) is 11.5 Å². The second kappa shape index (κ2) is 5.96. The first-order valence-corrected chi connectivity index (χ1v) is 7.27. The predicted molar refractivity (Wildman–Crippen MR) is 78.0 cm³/mol. The molecular weight excluding hydrogens is 327 g/mol. The van der Waals surface area contributed by atoms with Crippen molar-refractivity contribution in [3.63, 3.8) is 0 Å². The number of aliphatic carboxylic acids is 1. The summed E-state index contributed by atoms with van der Waals surface area (Å²) in [5, 5.41) is 16.5. The summed E-state index contributed by atoms with van der Waals surface area (Å²) < 4.78 is 15.1. The summed E-state index contributed by atoms with van der Waals surface area (Å²) in [6, 6.07) is 3.52. The average molecular weight is 339 g/mol. The monoisotopic (exact) mass is 338 g/mol. The highest BCUT2D eigenvalue weighted by molar-refractivity contribution is 6.30. The second-order valence-corrected chi connectivity index (χ2v) is 5.52. The van der Waals surface area contributed by atoms with E-state index < -0.39 is 23.7 Å². The summed E-state index contributed by atoms with van der Waals surface area (Å²) in [6.45, 7) is 0.341. The number of halogens is 2. The van der Waals surface area contributed by atoms with Crippen LogP contribution in [0.5, 0.6) is 0 Å². The summed E-state index contributed by atoms with van der Waals surface area (Å²) in [7, 11) is 0. The van der Waals surface area contributed by atoms with Crippen LogP contribution in [0.15, 0.2) is 24.4 Å². The van der Waals surface area contributed by atoms with Gasteiger partial charge in [0.1, 0.15) is 11.7 Å². The fourth-order valence-corrected chi connectivity index (χ4v) is 2.73. The number of carbonyl (C=O) groups is 2. The molecule has 1 atom stereocenters. The number of carboxylic acids is 1. The zero-order chi connectivity index (χ0) is 16.6. The van der Waals surface area contributed by atoms with E-state index >= 15 is 0 Å². The number of carboxylic acid groups (broad SMARTS) is 1. The molecule has 1 aliphatic heterocycles. The number of likely N-dealkylation sites (tertiary alicyclic amines) is 1. The third-order valence-corrected chi connectivity index (χ3v) is 3.98.